The molecule has 0 atom stereocenters. The number of nitrogens with zero attached hydrogens (tertiary/aromatic N) is 4. The Kier molecular flexibility index (Phi) is 12.4. The van der Waals surface area contributed by atoms with Gasteiger partial charge in [0.25, 0.3) is 0 Å². The maximum atomic E-state index is 15.4. The van der Waals surface area contributed by atoms with Gasteiger partial charge in [-0.15, -0.1) is 53.6 Å². The Hall–Kier alpha value is -6.63. The number of ether oxygens (including phenoxy) is 1. The third kappa shape index (κ3) is 8.38. The van der Waals surface area contributed by atoms with E-state index in [1.165, 1.54) is 5.56 Å². The first-order chi connectivity index (χ1) is 32.1. The van der Waals surface area contributed by atoms with Crippen molar-refractivity contribution in [3.8, 4) is 39.6 Å². The molecule has 0 N–H and O–H groups in total. The molecule has 1 aliphatic rings. The van der Waals surface area contributed by atoms with Crippen molar-refractivity contribution in [2.75, 3.05) is 9.80 Å². The second-order valence-electron chi connectivity index (χ2n) is 19.0. The normalized spacial score (nSPS) is 12.7. The van der Waals surface area contributed by atoms with E-state index in [2.05, 4.69) is 155 Å². The molecule has 0 radical (unpaired) electrons. The van der Waals surface area contributed by atoms with Crippen LogP contribution in [0.25, 0.3) is 49.9 Å². The van der Waals surface area contributed by atoms with Crippen molar-refractivity contribution in [2.24, 2.45) is 0 Å². The molecule has 0 unspecified atom stereocenters. The number of fused-ring (bicyclic) bond motifs is 4. The first kappa shape index (κ1) is 46.5. The summed E-state index contributed by atoms with van der Waals surface area (Å²) in [7, 11) is 0. The van der Waals surface area contributed by atoms with Gasteiger partial charge >= 0.3 is 0 Å². The number of aromatic nitrogens is 2. The van der Waals surface area contributed by atoms with Gasteiger partial charge in [0.2, 0.25) is 0 Å². The van der Waals surface area contributed by atoms with Gasteiger partial charge in [0.05, 0.1) is 5.56 Å². The van der Waals surface area contributed by atoms with Crippen molar-refractivity contribution < 1.29 is 39.0 Å². The van der Waals surface area contributed by atoms with Gasteiger partial charge in [0, 0.05) is 73.5 Å². The molecule has 0 fully saturated rings. The average molecular weight is 1080 g/mol. The minimum absolute atomic E-state index is 0. The number of hydrogen-bond acceptors (Lipinski definition) is 4. The third-order valence-corrected chi connectivity index (χ3v) is 12.7. The van der Waals surface area contributed by atoms with Gasteiger partial charge in [0.15, 0.2) is 0 Å². The van der Waals surface area contributed by atoms with Crippen LogP contribution in [0.2, 0.25) is 0 Å². The van der Waals surface area contributed by atoms with Crippen LogP contribution in [0.5, 0.6) is 11.5 Å². The van der Waals surface area contributed by atoms with Gasteiger partial charge in [-0.1, -0.05) is 109 Å². The summed E-state index contributed by atoms with van der Waals surface area (Å²) >= 11 is 0. The Morgan fingerprint density at radius 1 is 0.647 bits per heavy atom. The molecule has 0 saturated heterocycles. The summed E-state index contributed by atoms with van der Waals surface area (Å²) < 4.78 is 53.9. The van der Waals surface area contributed by atoms with E-state index >= 15 is 8.78 Å². The minimum Gasteiger partial charge on any atom is -0.509 e. The van der Waals surface area contributed by atoms with E-state index in [1.807, 2.05) is 60.8 Å². The summed E-state index contributed by atoms with van der Waals surface area (Å²) in [4.78, 5) is 9.14. The Bertz CT molecular complexity index is 3340. The number of aryl methyl sites for hydroxylation is 1. The van der Waals surface area contributed by atoms with Crippen LogP contribution in [0.15, 0.2) is 140 Å². The Labute approximate surface area is 411 Å². The molecule has 68 heavy (non-hydrogen) atoms. The summed E-state index contributed by atoms with van der Waals surface area (Å²) in [5, 5.41) is 2.13. The molecule has 0 bridgehead atoms. The number of anilines is 4. The fourth-order valence-corrected chi connectivity index (χ4v) is 9.35. The molecule has 2 aromatic heterocycles. The molecule has 0 aliphatic carbocycles. The van der Waals surface area contributed by atoms with E-state index < -0.39 is 17.5 Å². The smallest absolute Gasteiger partial charge is 0.136 e. The molecular weight excluding hydrogens is 1030 g/mol. The molecule has 10 rings (SSSR count). The molecule has 1 aliphatic heterocycles. The van der Waals surface area contributed by atoms with Gasteiger partial charge in [-0.2, -0.15) is 6.07 Å². The first-order valence-corrected chi connectivity index (χ1v) is 22.7. The van der Waals surface area contributed by atoms with E-state index in [1.54, 1.807) is 0 Å². The average Bonchev–Trinajstić information content (AvgIpc) is 3.84. The number of halogens is 3. The monoisotopic (exact) mass is 1080 g/mol. The standard InChI is InChI=1S/C59H50F3N4O.Pt/c1-35(2)48-27-39(57-50(61)30-41(60)31-51(57)62)28-49(36(3)4)58(48)65-34-64(53-19-13-14-20-54(53)65)42-25-38(45-16-10-9-15-37(45)5)26-44(32-42)67-43-21-22-47-46-17-11-12-18-52(46)66(55(47)33-43)56-29-40(23-24-63-56)59(6,7)8;/h9-31,34-36H,1-8H3;/q-3;. The van der Waals surface area contributed by atoms with Crippen molar-refractivity contribution >= 4 is 44.6 Å². The van der Waals surface area contributed by atoms with Crippen LogP contribution >= 0.6 is 0 Å². The van der Waals surface area contributed by atoms with E-state index in [9.17, 15) is 4.39 Å². The van der Waals surface area contributed by atoms with Gasteiger partial charge in [-0.05, 0) is 105 Å². The van der Waals surface area contributed by atoms with E-state index in [0.29, 0.717) is 17.1 Å². The van der Waals surface area contributed by atoms with Gasteiger partial charge < -0.3 is 19.1 Å². The number of benzene rings is 7. The molecule has 0 spiro atoms. The van der Waals surface area contributed by atoms with Crippen molar-refractivity contribution in [3.63, 3.8) is 0 Å². The molecule has 5 nitrogen and oxygen atoms in total. The molecule has 7 aromatic carbocycles. The van der Waals surface area contributed by atoms with Crippen LogP contribution in [-0.4, -0.2) is 9.55 Å². The molecule has 9 aromatic rings. The number of hydrogen-bond donors (Lipinski definition) is 0. The maximum Gasteiger partial charge on any atom is 0.136 e. The third-order valence-electron chi connectivity index (χ3n) is 12.7. The fraction of sp³-hybridized carbons (Fsp3) is 0.186. The van der Waals surface area contributed by atoms with E-state index in [0.717, 1.165) is 90.3 Å². The Morgan fingerprint density at radius 3 is 1.97 bits per heavy atom. The van der Waals surface area contributed by atoms with Crippen LogP contribution < -0.4 is 14.5 Å². The van der Waals surface area contributed by atoms with Crippen molar-refractivity contribution in [2.45, 2.75) is 72.6 Å². The van der Waals surface area contributed by atoms with Gasteiger partial charge in [0.1, 0.15) is 23.3 Å². The summed E-state index contributed by atoms with van der Waals surface area (Å²) in [5.74, 6) is -1.09. The van der Waals surface area contributed by atoms with E-state index in [-0.39, 0.29) is 43.9 Å². The summed E-state index contributed by atoms with van der Waals surface area (Å²) in [5.41, 5.74) is 11.5. The predicted octanol–water partition coefficient (Wildman–Crippen LogP) is 16.6. The Morgan fingerprint density at radius 2 is 1.29 bits per heavy atom. The van der Waals surface area contributed by atoms with Crippen LogP contribution in [0.3, 0.4) is 0 Å². The second kappa shape index (κ2) is 18.1. The second-order valence-corrected chi connectivity index (χ2v) is 19.0. The maximum absolute atomic E-state index is 15.4. The summed E-state index contributed by atoms with van der Waals surface area (Å²) in [6.07, 6.45) is 1.87. The van der Waals surface area contributed by atoms with Crippen LogP contribution in [0, 0.1) is 43.2 Å². The van der Waals surface area contributed by atoms with Crippen LogP contribution in [0.1, 0.15) is 82.6 Å². The van der Waals surface area contributed by atoms with Crippen molar-refractivity contribution in [1.82, 2.24) is 9.55 Å². The van der Waals surface area contributed by atoms with Crippen molar-refractivity contribution in [1.29, 1.82) is 0 Å². The predicted molar refractivity (Wildman–Crippen MR) is 267 cm³/mol. The van der Waals surface area contributed by atoms with Crippen molar-refractivity contribution in [3.05, 3.63) is 198 Å². The van der Waals surface area contributed by atoms with Crippen LogP contribution in [-0.2, 0) is 26.5 Å². The molecular formula is C59H50F3N4OPt-3. The zero-order valence-electron chi connectivity index (χ0n) is 39.2. The largest absolute Gasteiger partial charge is 0.509 e. The van der Waals surface area contributed by atoms with Crippen LogP contribution in [0.4, 0.5) is 35.9 Å². The summed E-state index contributed by atoms with van der Waals surface area (Å²) in [6, 6.07) is 49.6. The minimum atomic E-state index is -0.956. The number of rotatable bonds is 9. The molecule has 0 saturated carbocycles. The molecule has 9 heteroatoms. The fourth-order valence-electron chi connectivity index (χ4n) is 9.35. The number of para-hydroxylation sites is 3. The molecule has 0 amide bonds. The summed E-state index contributed by atoms with van der Waals surface area (Å²) in [6.45, 7) is 19.0. The zero-order valence-corrected chi connectivity index (χ0v) is 41.4. The zero-order chi connectivity index (χ0) is 46.9. The Balaban J connectivity index is 0.00000578. The first-order valence-electron chi connectivity index (χ1n) is 22.7. The van der Waals surface area contributed by atoms with Gasteiger partial charge in [-0.3, -0.25) is 0 Å². The SMILES string of the molecule is Cc1ccccc1-c1cc(Oc2[c-]c3c(cc2)c2ccccc2n3-c2cc(C(C)(C)C)ccn2)[c-]c(N2[CH-]N(c3c(C(C)C)cc(-c4c(F)cc(F)cc4F)cc3C(C)C)c3ccccc32)c1.[Pt]. The van der Waals surface area contributed by atoms with E-state index in [4.69, 9.17) is 9.72 Å². The quantitative estimate of drug-likeness (QED) is 0.135. The van der Waals surface area contributed by atoms with Gasteiger partial charge in [-0.25, -0.2) is 18.2 Å². The molecule has 346 valence electrons. The number of pyridine rings is 1. The molecule has 3 heterocycles. The topological polar surface area (TPSA) is 33.5 Å².